The van der Waals surface area contributed by atoms with Crippen LogP contribution in [-0.2, 0) is 11.3 Å². The molecular formula is C14H17NO2. The fraction of sp³-hybridized carbons (Fsp3) is 0.500. The number of nitrogens with zero attached hydrogens (tertiary/aromatic N) is 1. The SMILES string of the molecule is O=C(O)C1CN(Cc2ccccc2)CC12CC2. The molecule has 2 fully saturated rings. The average Bonchev–Trinajstić information content (AvgIpc) is 2.97. The van der Waals surface area contributed by atoms with Crippen molar-refractivity contribution < 1.29 is 9.90 Å². The van der Waals surface area contributed by atoms with Gasteiger partial charge in [0.1, 0.15) is 0 Å². The minimum Gasteiger partial charge on any atom is -0.481 e. The molecule has 1 N–H and O–H groups in total. The summed E-state index contributed by atoms with van der Waals surface area (Å²) in [7, 11) is 0. The lowest BCUT2D eigenvalue weighted by Gasteiger charge is -2.15. The standard InChI is InChI=1S/C14H17NO2/c16-13(17)12-9-15(10-14(12)6-7-14)8-11-4-2-1-3-5-11/h1-5,12H,6-10H2,(H,16,17). The first-order chi connectivity index (χ1) is 8.20. The van der Waals surface area contributed by atoms with Gasteiger partial charge in [-0.3, -0.25) is 9.69 Å². The van der Waals surface area contributed by atoms with Gasteiger partial charge in [0.2, 0.25) is 0 Å². The van der Waals surface area contributed by atoms with Crippen molar-refractivity contribution in [1.82, 2.24) is 4.90 Å². The second-order valence-corrected chi connectivity index (χ2v) is 5.41. The number of carbonyl (C=O) groups is 1. The van der Waals surface area contributed by atoms with Crippen molar-refractivity contribution in [3.05, 3.63) is 35.9 Å². The Kier molecular flexibility index (Phi) is 2.44. The predicted octanol–water partition coefficient (Wildman–Crippen LogP) is 1.98. The lowest BCUT2D eigenvalue weighted by atomic mass is 9.93. The maximum atomic E-state index is 11.2. The minimum atomic E-state index is -0.613. The van der Waals surface area contributed by atoms with E-state index in [1.807, 2.05) is 18.2 Å². The number of hydrogen-bond donors (Lipinski definition) is 1. The van der Waals surface area contributed by atoms with Crippen LogP contribution in [0.3, 0.4) is 0 Å². The van der Waals surface area contributed by atoms with E-state index in [1.54, 1.807) is 0 Å². The minimum absolute atomic E-state index is 0.112. The Morgan fingerprint density at radius 1 is 1.35 bits per heavy atom. The van der Waals surface area contributed by atoms with E-state index in [-0.39, 0.29) is 11.3 Å². The molecule has 0 amide bonds. The van der Waals surface area contributed by atoms with E-state index in [9.17, 15) is 9.90 Å². The van der Waals surface area contributed by atoms with Gasteiger partial charge >= 0.3 is 5.97 Å². The Bertz CT molecular complexity index is 425. The van der Waals surface area contributed by atoms with Crippen LogP contribution in [0.4, 0.5) is 0 Å². The molecule has 3 rings (SSSR count). The zero-order valence-corrected chi connectivity index (χ0v) is 9.80. The van der Waals surface area contributed by atoms with Gasteiger partial charge in [0.05, 0.1) is 5.92 Å². The maximum Gasteiger partial charge on any atom is 0.308 e. The topological polar surface area (TPSA) is 40.5 Å². The first-order valence-electron chi connectivity index (χ1n) is 6.19. The third kappa shape index (κ3) is 1.95. The molecular weight excluding hydrogens is 214 g/mol. The highest BCUT2D eigenvalue weighted by molar-refractivity contribution is 5.72. The van der Waals surface area contributed by atoms with Crippen molar-refractivity contribution in [2.45, 2.75) is 19.4 Å². The summed E-state index contributed by atoms with van der Waals surface area (Å²) < 4.78 is 0. The lowest BCUT2D eigenvalue weighted by Crippen LogP contribution is -2.23. The number of carboxylic acid groups (broad SMARTS) is 1. The fourth-order valence-corrected chi connectivity index (χ4v) is 3.04. The van der Waals surface area contributed by atoms with Crippen molar-refractivity contribution in [1.29, 1.82) is 0 Å². The van der Waals surface area contributed by atoms with Gasteiger partial charge in [-0.1, -0.05) is 30.3 Å². The van der Waals surface area contributed by atoms with Crippen LogP contribution in [0.15, 0.2) is 30.3 Å². The molecule has 1 aromatic carbocycles. The molecule has 0 radical (unpaired) electrons. The molecule has 90 valence electrons. The molecule has 0 bridgehead atoms. The van der Waals surface area contributed by atoms with Gasteiger partial charge < -0.3 is 5.11 Å². The van der Waals surface area contributed by atoms with Crippen LogP contribution in [-0.4, -0.2) is 29.1 Å². The van der Waals surface area contributed by atoms with Crippen LogP contribution in [0.25, 0.3) is 0 Å². The molecule has 2 aliphatic rings. The Morgan fingerprint density at radius 2 is 2.06 bits per heavy atom. The third-order valence-electron chi connectivity index (χ3n) is 4.16. The van der Waals surface area contributed by atoms with Crippen LogP contribution in [0.1, 0.15) is 18.4 Å². The number of hydrogen-bond acceptors (Lipinski definition) is 2. The summed E-state index contributed by atoms with van der Waals surface area (Å²) in [5.41, 5.74) is 1.38. The van der Waals surface area contributed by atoms with Crippen LogP contribution >= 0.6 is 0 Å². The smallest absolute Gasteiger partial charge is 0.308 e. The Balaban J connectivity index is 1.69. The van der Waals surface area contributed by atoms with Gasteiger partial charge in [-0.25, -0.2) is 0 Å². The van der Waals surface area contributed by atoms with Crippen LogP contribution in [0.2, 0.25) is 0 Å². The van der Waals surface area contributed by atoms with Gasteiger partial charge in [0.15, 0.2) is 0 Å². The Labute approximate surface area is 101 Å². The van der Waals surface area contributed by atoms with E-state index in [1.165, 1.54) is 5.56 Å². The van der Waals surface area contributed by atoms with Gasteiger partial charge in [0, 0.05) is 19.6 Å². The Morgan fingerprint density at radius 3 is 2.59 bits per heavy atom. The zero-order valence-electron chi connectivity index (χ0n) is 9.80. The second kappa shape index (κ2) is 3.84. The maximum absolute atomic E-state index is 11.2. The van der Waals surface area contributed by atoms with Gasteiger partial charge in [0.25, 0.3) is 0 Å². The average molecular weight is 231 g/mol. The number of carboxylic acids is 1. The summed E-state index contributed by atoms with van der Waals surface area (Å²) in [6.45, 7) is 2.55. The van der Waals surface area contributed by atoms with Crippen molar-refractivity contribution in [2.24, 2.45) is 11.3 Å². The molecule has 17 heavy (non-hydrogen) atoms. The Hall–Kier alpha value is -1.35. The summed E-state index contributed by atoms with van der Waals surface area (Å²) in [4.78, 5) is 13.5. The van der Waals surface area contributed by atoms with E-state index in [4.69, 9.17) is 0 Å². The number of aliphatic carboxylic acids is 1. The lowest BCUT2D eigenvalue weighted by molar-refractivity contribution is -0.142. The van der Waals surface area contributed by atoms with E-state index in [0.717, 1.165) is 25.9 Å². The molecule has 0 aromatic heterocycles. The van der Waals surface area contributed by atoms with Gasteiger partial charge in [-0.2, -0.15) is 0 Å². The monoisotopic (exact) mass is 231 g/mol. The summed E-state index contributed by atoms with van der Waals surface area (Å²) in [5.74, 6) is -0.760. The molecule has 3 nitrogen and oxygen atoms in total. The molecule has 1 spiro atoms. The van der Waals surface area contributed by atoms with Gasteiger partial charge in [-0.05, 0) is 23.8 Å². The van der Waals surface area contributed by atoms with Crippen LogP contribution < -0.4 is 0 Å². The molecule has 1 unspecified atom stereocenters. The summed E-state index contributed by atoms with van der Waals surface area (Å²) >= 11 is 0. The van der Waals surface area contributed by atoms with Crippen molar-refractivity contribution >= 4 is 5.97 Å². The van der Waals surface area contributed by atoms with Crippen LogP contribution in [0, 0.1) is 11.3 Å². The number of benzene rings is 1. The molecule has 1 atom stereocenters. The van der Waals surface area contributed by atoms with E-state index in [0.29, 0.717) is 6.54 Å². The molecule has 1 saturated carbocycles. The highest BCUT2D eigenvalue weighted by Crippen LogP contribution is 2.56. The largest absolute Gasteiger partial charge is 0.481 e. The normalized spacial score (nSPS) is 26.2. The highest BCUT2D eigenvalue weighted by Gasteiger charge is 2.57. The molecule has 1 saturated heterocycles. The fourth-order valence-electron chi connectivity index (χ4n) is 3.04. The molecule has 1 heterocycles. The highest BCUT2D eigenvalue weighted by atomic mass is 16.4. The van der Waals surface area contributed by atoms with E-state index >= 15 is 0 Å². The van der Waals surface area contributed by atoms with Crippen LogP contribution in [0.5, 0.6) is 0 Å². The molecule has 1 aliphatic carbocycles. The van der Waals surface area contributed by atoms with Crippen molar-refractivity contribution in [2.75, 3.05) is 13.1 Å². The van der Waals surface area contributed by atoms with Crippen molar-refractivity contribution in [3.8, 4) is 0 Å². The first kappa shape index (κ1) is 10.8. The summed E-state index contributed by atoms with van der Waals surface area (Å²) in [5, 5.41) is 9.25. The van der Waals surface area contributed by atoms with E-state index in [2.05, 4.69) is 17.0 Å². The van der Waals surface area contributed by atoms with E-state index < -0.39 is 5.97 Å². The summed E-state index contributed by atoms with van der Waals surface area (Å²) in [6.07, 6.45) is 2.19. The zero-order chi connectivity index (χ0) is 11.9. The third-order valence-corrected chi connectivity index (χ3v) is 4.16. The first-order valence-corrected chi connectivity index (χ1v) is 6.19. The van der Waals surface area contributed by atoms with Gasteiger partial charge in [-0.15, -0.1) is 0 Å². The molecule has 1 aromatic rings. The number of likely N-dealkylation sites (tertiary alicyclic amines) is 1. The predicted molar refractivity (Wildman–Crippen MR) is 64.5 cm³/mol. The van der Waals surface area contributed by atoms with Crippen molar-refractivity contribution in [3.63, 3.8) is 0 Å². The second-order valence-electron chi connectivity index (χ2n) is 5.41. The molecule has 3 heteroatoms. The summed E-state index contributed by atoms with van der Waals surface area (Å²) in [6, 6.07) is 10.3. The number of rotatable bonds is 3. The molecule has 1 aliphatic heterocycles. The quantitative estimate of drug-likeness (QED) is 0.864.